The molecule has 1 N–H and O–H groups in total. The minimum Gasteiger partial charge on any atom is -0.488 e. The fourth-order valence-electron chi connectivity index (χ4n) is 1.23. The Balaban J connectivity index is 3.21. The van der Waals surface area contributed by atoms with Gasteiger partial charge in [-0.1, -0.05) is 6.58 Å². The molecule has 6 heteroatoms. The predicted molar refractivity (Wildman–Crippen MR) is 66.8 cm³/mol. The molecule has 0 aromatic heterocycles. The van der Waals surface area contributed by atoms with Crippen LogP contribution in [0.15, 0.2) is 35.2 Å². The Kier molecular flexibility index (Phi) is 4.13. The van der Waals surface area contributed by atoms with E-state index in [1.54, 1.807) is 6.92 Å². The third-order valence-electron chi connectivity index (χ3n) is 2.08. The van der Waals surface area contributed by atoms with E-state index in [1.807, 2.05) is 0 Å². The summed E-state index contributed by atoms with van der Waals surface area (Å²) in [7, 11) is -3.44. The zero-order valence-corrected chi connectivity index (χ0v) is 11.0. The summed E-state index contributed by atoms with van der Waals surface area (Å²) >= 11 is 0. The molecule has 1 aromatic rings. The molecule has 0 aliphatic rings. The van der Waals surface area contributed by atoms with Gasteiger partial charge >= 0.3 is 5.97 Å². The Labute approximate surface area is 106 Å². The number of hydrogen-bond donors (Lipinski definition) is 1. The number of sulfone groups is 1. The van der Waals surface area contributed by atoms with E-state index in [0.29, 0.717) is 0 Å². The molecule has 18 heavy (non-hydrogen) atoms. The summed E-state index contributed by atoms with van der Waals surface area (Å²) in [5.41, 5.74) is 0.553. The van der Waals surface area contributed by atoms with Gasteiger partial charge in [-0.15, -0.1) is 0 Å². The molecule has 0 saturated heterocycles. The van der Waals surface area contributed by atoms with Crippen LogP contribution in [0.2, 0.25) is 0 Å². The molecular formula is C12H14O5S. The Morgan fingerprint density at radius 3 is 2.50 bits per heavy atom. The Morgan fingerprint density at radius 1 is 1.44 bits per heavy atom. The van der Waals surface area contributed by atoms with Crippen LogP contribution in [0.25, 0.3) is 0 Å². The highest BCUT2D eigenvalue weighted by molar-refractivity contribution is 7.90. The smallest absolute Gasteiger partial charge is 0.339 e. The predicted octanol–water partition coefficient (Wildman–Crippen LogP) is 1.74. The quantitative estimate of drug-likeness (QED) is 0.824. The van der Waals surface area contributed by atoms with E-state index in [4.69, 9.17) is 9.84 Å². The SMILES string of the molecule is C=C(C)COc1ccc(S(C)(=O)=O)cc1C(=O)O. The number of carbonyl (C=O) groups is 1. The van der Waals surface area contributed by atoms with E-state index in [2.05, 4.69) is 6.58 Å². The topological polar surface area (TPSA) is 80.7 Å². The van der Waals surface area contributed by atoms with Crippen molar-refractivity contribution in [1.82, 2.24) is 0 Å². The van der Waals surface area contributed by atoms with Gasteiger partial charge in [0.05, 0.1) is 4.90 Å². The van der Waals surface area contributed by atoms with Gasteiger partial charge < -0.3 is 9.84 Å². The molecule has 0 heterocycles. The van der Waals surface area contributed by atoms with Gasteiger partial charge in [0.1, 0.15) is 17.9 Å². The number of carboxylic acid groups (broad SMARTS) is 1. The second-order valence-corrected chi connectivity index (χ2v) is 6.00. The lowest BCUT2D eigenvalue weighted by atomic mass is 10.2. The minimum absolute atomic E-state index is 0.0532. The number of ether oxygens (including phenoxy) is 1. The van der Waals surface area contributed by atoms with Crippen molar-refractivity contribution in [1.29, 1.82) is 0 Å². The van der Waals surface area contributed by atoms with E-state index in [1.165, 1.54) is 12.1 Å². The van der Waals surface area contributed by atoms with Gasteiger partial charge in [-0.25, -0.2) is 13.2 Å². The minimum atomic E-state index is -3.44. The van der Waals surface area contributed by atoms with Crippen LogP contribution in [-0.2, 0) is 9.84 Å². The maximum atomic E-state index is 11.3. The first-order valence-electron chi connectivity index (χ1n) is 5.06. The Hall–Kier alpha value is -1.82. The summed E-state index contributed by atoms with van der Waals surface area (Å²) in [5, 5.41) is 9.02. The van der Waals surface area contributed by atoms with Crippen molar-refractivity contribution in [2.24, 2.45) is 0 Å². The molecule has 0 unspecified atom stereocenters. The van der Waals surface area contributed by atoms with Gasteiger partial charge in [0.25, 0.3) is 0 Å². The molecule has 0 spiro atoms. The third-order valence-corrected chi connectivity index (χ3v) is 3.19. The molecule has 0 fully saturated rings. The van der Waals surface area contributed by atoms with Gasteiger partial charge in [0.2, 0.25) is 0 Å². The normalized spacial score (nSPS) is 11.0. The van der Waals surface area contributed by atoms with Crippen molar-refractivity contribution in [3.63, 3.8) is 0 Å². The van der Waals surface area contributed by atoms with Crippen LogP contribution in [0.1, 0.15) is 17.3 Å². The Morgan fingerprint density at radius 2 is 2.06 bits per heavy atom. The Bertz CT molecular complexity index is 586. The molecule has 0 amide bonds. The summed E-state index contributed by atoms with van der Waals surface area (Å²) in [6.07, 6.45) is 1.02. The summed E-state index contributed by atoms with van der Waals surface area (Å²) in [6.45, 7) is 5.55. The molecule has 0 saturated carbocycles. The van der Waals surface area contributed by atoms with Crippen molar-refractivity contribution in [3.8, 4) is 5.75 Å². The first-order valence-corrected chi connectivity index (χ1v) is 6.95. The molecular weight excluding hydrogens is 256 g/mol. The van der Waals surface area contributed by atoms with Gasteiger partial charge in [0, 0.05) is 6.26 Å². The van der Waals surface area contributed by atoms with Gasteiger partial charge in [-0.2, -0.15) is 0 Å². The number of rotatable bonds is 5. The standard InChI is InChI=1S/C12H14O5S/c1-8(2)7-17-11-5-4-9(18(3,15)16)6-10(11)12(13)14/h4-6H,1,7H2,2-3H3,(H,13,14). The highest BCUT2D eigenvalue weighted by atomic mass is 32.2. The first-order chi connectivity index (χ1) is 8.21. The highest BCUT2D eigenvalue weighted by Crippen LogP contribution is 2.23. The zero-order chi connectivity index (χ0) is 13.9. The van der Waals surface area contributed by atoms with E-state index in [9.17, 15) is 13.2 Å². The molecule has 0 bridgehead atoms. The van der Waals surface area contributed by atoms with Gasteiger partial charge in [-0.05, 0) is 30.7 Å². The number of aromatic carboxylic acids is 1. The second kappa shape index (κ2) is 5.22. The molecule has 0 atom stereocenters. The number of hydrogen-bond acceptors (Lipinski definition) is 4. The van der Waals surface area contributed by atoms with E-state index in [-0.39, 0.29) is 22.8 Å². The lowest BCUT2D eigenvalue weighted by molar-refractivity contribution is 0.0692. The van der Waals surface area contributed by atoms with Crippen molar-refractivity contribution in [2.45, 2.75) is 11.8 Å². The number of carboxylic acids is 1. The zero-order valence-electron chi connectivity index (χ0n) is 10.1. The van der Waals surface area contributed by atoms with E-state index < -0.39 is 15.8 Å². The van der Waals surface area contributed by atoms with Crippen molar-refractivity contribution in [2.75, 3.05) is 12.9 Å². The second-order valence-electron chi connectivity index (χ2n) is 3.98. The van der Waals surface area contributed by atoms with Crippen molar-refractivity contribution in [3.05, 3.63) is 35.9 Å². The van der Waals surface area contributed by atoms with Crippen molar-refractivity contribution < 1.29 is 23.1 Å². The first kappa shape index (κ1) is 14.2. The maximum Gasteiger partial charge on any atom is 0.339 e. The molecule has 1 aromatic carbocycles. The van der Waals surface area contributed by atoms with Crippen LogP contribution < -0.4 is 4.74 Å². The molecule has 0 aliphatic heterocycles. The molecule has 98 valence electrons. The molecule has 0 aliphatic carbocycles. The highest BCUT2D eigenvalue weighted by Gasteiger charge is 2.16. The fraction of sp³-hybridized carbons (Fsp3) is 0.250. The monoisotopic (exact) mass is 270 g/mol. The van der Waals surface area contributed by atoms with Crippen LogP contribution in [0.4, 0.5) is 0 Å². The summed E-state index contributed by atoms with van der Waals surface area (Å²) < 4.78 is 27.9. The molecule has 0 radical (unpaired) electrons. The lowest BCUT2D eigenvalue weighted by Crippen LogP contribution is -2.07. The van der Waals surface area contributed by atoms with Crippen LogP contribution >= 0.6 is 0 Å². The maximum absolute atomic E-state index is 11.3. The average Bonchev–Trinajstić information content (AvgIpc) is 2.24. The van der Waals surface area contributed by atoms with E-state index in [0.717, 1.165) is 17.9 Å². The number of benzene rings is 1. The average molecular weight is 270 g/mol. The summed E-state index contributed by atoms with van der Waals surface area (Å²) in [4.78, 5) is 11.0. The van der Waals surface area contributed by atoms with Crippen LogP contribution in [0, 0.1) is 0 Å². The van der Waals surface area contributed by atoms with Crippen LogP contribution in [-0.4, -0.2) is 32.4 Å². The fourth-order valence-corrected chi connectivity index (χ4v) is 1.88. The molecule has 5 nitrogen and oxygen atoms in total. The van der Waals surface area contributed by atoms with E-state index >= 15 is 0 Å². The van der Waals surface area contributed by atoms with Crippen LogP contribution in [0.3, 0.4) is 0 Å². The lowest BCUT2D eigenvalue weighted by Gasteiger charge is -2.10. The largest absolute Gasteiger partial charge is 0.488 e. The van der Waals surface area contributed by atoms with Crippen molar-refractivity contribution >= 4 is 15.8 Å². The summed E-state index contributed by atoms with van der Waals surface area (Å²) in [6, 6.07) is 3.74. The van der Waals surface area contributed by atoms with Gasteiger partial charge in [0.15, 0.2) is 9.84 Å². The van der Waals surface area contributed by atoms with Gasteiger partial charge in [-0.3, -0.25) is 0 Å². The third kappa shape index (κ3) is 3.59. The van der Waals surface area contributed by atoms with Crippen LogP contribution in [0.5, 0.6) is 5.75 Å². The molecule has 1 rings (SSSR count). The summed E-state index contributed by atoms with van der Waals surface area (Å²) in [5.74, 6) is -1.12.